The number of carbonyl (C=O) groups is 2. The van der Waals surface area contributed by atoms with Crippen LogP contribution >= 0.6 is 11.6 Å². The number of hydrogen-bond donors (Lipinski definition) is 1. The number of hydrogen-bond acceptors (Lipinski definition) is 5. The van der Waals surface area contributed by atoms with Crippen molar-refractivity contribution >= 4 is 29.1 Å². The van der Waals surface area contributed by atoms with Crippen molar-refractivity contribution in [1.82, 2.24) is 20.3 Å². The maximum absolute atomic E-state index is 14.0. The Bertz CT molecular complexity index is 922. The maximum atomic E-state index is 14.0. The van der Waals surface area contributed by atoms with Crippen molar-refractivity contribution in [1.29, 1.82) is 0 Å². The Morgan fingerprint density at radius 3 is 2.40 bits per heavy atom. The van der Waals surface area contributed by atoms with E-state index in [4.69, 9.17) is 11.6 Å². The number of nitrogens with zero attached hydrogens (tertiary/aromatic N) is 4. The molecule has 1 aliphatic rings. The minimum Gasteiger partial charge on any atom is -0.351 e. The van der Waals surface area contributed by atoms with E-state index in [1.54, 1.807) is 13.0 Å². The monoisotopic (exact) mass is 441 g/mol. The van der Waals surface area contributed by atoms with Crippen LogP contribution in [0.5, 0.6) is 0 Å². The standard InChI is InChI=1S/C19H19ClF3N5O2/c1-11-3-4-14(9-26-11)28(16(29)15(20)21)18(2,12-7-24-10-25-8-12)17(30)27-13-5-19(22,23)6-13/h3-4,7-10,13,15H,5-6H2,1-2H3,(H,27,30)/t15-,18-/m0/s1. The van der Waals surface area contributed by atoms with Crippen LogP contribution in [-0.2, 0) is 15.1 Å². The number of rotatable bonds is 6. The van der Waals surface area contributed by atoms with Crippen molar-refractivity contribution in [2.24, 2.45) is 0 Å². The first-order valence-electron chi connectivity index (χ1n) is 9.04. The van der Waals surface area contributed by atoms with Crippen molar-refractivity contribution in [2.45, 2.75) is 49.8 Å². The number of anilines is 1. The van der Waals surface area contributed by atoms with Crippen LogP contribution in [-0.4, -0.2) is 44.4 Å². The molecule has 3 rings (SSSR count). The highest BCUT2D eigenvalue weighted by Crippen LogP contribution is 2.39. The minimum atomic E-state index is -2.86. The Morgan fingerprint density at radius 1 is 1.27 bits per heavy atom. The van der Waals surface area contributed by atoms with E-state index >= 15 is 0 Å². The van der Waals surface area contributed by atoms with Gasteiger partial charge in [0.15, 0.2) is 5.54 Å². The van der Waals surface area contributed by atoms with Crippen molar-refractivity contribution in [3.8, 4) is 0 Å². The average molecular weight is 442 g/mol. The second-order valence-corrected chi connectivity index (χ2v) is 7.65. The van der Waals surface area contributed by atoms with E-state index in [1.807, 2.05) is 0 Å². The SMILES string of the molecule is Cc1ccc(N(C(=O)[C@H](F)Cl)[C@](C)(C(=O)NC2CC(F)(F)C2)c2cncnc2)cn1. The van der Waals surface area contributed by atoms with Gasteiger partial charge >= 0.3 is 0 Å². The van der Waals surface area contributed by atoms with Gasteiger partial charge in [0, 0.05) is 42.5 Å². The molecule has 0 radical (unpaired) electrons. The molecule has 1 fully saturated rings. The number of aromatic nitrogens is 3. The Hall–Kier alpha value is -2.75. The molecule has 160 valence electrons. The van der Waals surface area contributed by atoms with Gasteiger partial charge < -0.3 is 5.32 Å². The van der Waals surface area contributed by atoms with E-state index in [0.29, 0.717) is 5.69 Å². The van der Waals surface area contributed by atoms with Crippen molar-refractivity contribution < 1.29 is 22.8 Å². The molecular weight excluding hydrogens is 423 g/mol. The zero-order chi connectivity index (χ0) is 22.1. The van der Waals surface area contributed by atoms with Gasteiger partial charge in [-0.05, 0) is 26.0 Å². The summed E-state index contributed by atoms with van der Waals surface area (Å²) in [6.45, 7) is 3.05. The molecule has 2 amide bonds. The summed E-state index contributed by atoms with van der Waals surface area (Å²) in [4.78, 5) is 38.8. The summed E-state index contributed by atoms with van der Waals surface area (Å²) in [6.07, 6.45) is 4.02. The van der Waals surface area contributed by atoms with E-state index in [-0.39, 0.29) is 11.3 Å². The molecule has 30 heavy (non-hydrogen) atoms. The van der Waals surface area contributed by atoms with Crippen molar-refractivity contribution in [2.75, 3.05) is 4.90 Å². The lowest BCUT2D eigenvalue weighted by Gasteiger charge is -2.43. The molecule has 1 saturated carbocycles. The molecule has 1 N–H and O–H groups in total. The molecule has 7 nitrogen and oxygen atoms in total. The summed E-state index contributed by atoms with van der Waals surface area (Å²) in [5.41, 5.74) is -3.50. The molecule has 0 spiro atoms. The smallest absolute Gasteiger partial charge is 0.278 e. The van der Waals surface area contributed by atoms with Crippen LogP contribution in [0.2, 0.25) is 0 Å². The zero-order valence-electron chi connectivity index (χ0n) is 16.2. The van der Waals surface area contributed by atoms with Crippen molar-refractivity contribution in [3.05, 3.63) is 48.3 Å². The highest BCUT2D eigenvalue weighted by molar-refractivity contribution is 6.32. The van der Waals surface area contributed by atoms with E-state index in [9.17, 15) is 22.8 Å². The summed E-state index contributed by atoms with van der Waals surface area (Å²) < 4.78 is 40.4. The van der Waals surface area contributed by atoms with Crippen LogP contribution in [0, 0.1) is 6.92 Å². The van der Waals surface area contributed by atoms with Gasteiger partial charge in [-0.1, -0.05) is 11.6 Å². The predicted octanol–water partition coefficient (Wildman–Crippen LogP) is 2.88. The first-order chi connectivity index (χ1) is 14.0. The zero-order valence-corrected chi connectivity index (χ0v) is 16.9. The van der Waals surface area contributed by atoms with Gasteiger partial charge in [0.1, 0.15) is 6.33 Å². The Balaban J connectivity index is 2.09. The Kier molecular flexibility index (Phi) is 5.98. The number of aryl methyl sites for hydroxylation is 1. The van der Waals surface area contributed by atoms with Crippen LogP contribution in [0.25, 0.3) is 0 Å². The molecule has 0 aromatic carbocycles. The molecule has 1 aliphatic carbocycles. The van der Waals surface area contributed by atoms with Gasteiger partial charge in [-0.15, -0.1) is 0 Å². The lowest BCUT2D eigenvalue weighted by atomic mass is 9.85. The number of amides is 2. The van der Waals surface area contributed by atoms with Gasteiger partial charge in [-0.3, -0.25) is 19.5 Å². The second kappa shape index (κ2) is 8.17. The average Bonchev–Trinajstić information content (AvgIpc) is 2.68. The molecule has 2 aromatic heterocycles. The van der Waals surface area contributed by atoms with Crippen LogP contribution in [0.3, 0.4) is 0 Å². The summed E-state index contributed by atoms with van der Waals surface area (Å²) in [6, 6.07) is 2.26. The topological polar surface area (TPSA) is 88.1 Å². The highest BCUT2D eigenvalue weighted by Gasteiger charge is 2.51. The second-order valence-electron chi connectivity index (χ2n) is 7.27. The largest absolute Gasteiger partial charge is 0.351 e. The third-order valence-corrected chi connectivity index (χ3v) is 5.19. The normalized spacial score (nSPS) is 18.6. The molecule has 0 unspecified atom stereocenters. The molecule has 0 aliphatic heterocycles. The number of carbonyl (C=O) groups excluding carboxylic acids is 2. The van der Waals surface area contributed by atoms with Gasteiger partial charge in [-0.2, -0.15) is 0 Å². The van der Waals surface area contributed by atoms with E-state index in [1.165, 1.54) is 37.9 Å². The molecule has 2 heterocycles. The minimum absolute atomic E-state index is 0.0920. The van der Waals surface area contributed by atoms with Crippen LogP contribution in [0.4, 0.5) is 18.9 Å². The highest BCUT2D eigenvalue weighted by atomic mass is 35.5. The summed E-state index contributed by atoms with van der Waals surface area (Å²) in [5.74, 6) is -4.88. The first kappa shape index (κ1) is 21.9. The summed E-state index contributed by atoms with van der Waals surface area (Å²) in [7, 11) is 0. The van der Waals surface area contributed by atoms with Crippen LogP contribution in [0.15, 0.2) is 37.1 Å². The van der Waals surface area contributed by atoms with Gasteiger partial charge in [0.05, 0.1) is 11.9 Å². The number of nitrogens with one attached hydrogen (secondary N) is 1. The third kappa shape index (κ3) is 4.23. The number of alkyl halides is 4. The van der Waals surface area contributed by atoms with Gasteiger partial charge in [-0.25, -0.2) is 23.1 Å². The fourth-order valence-electron chi connectivity index (χ4n) is 3.30. The molecule has 2 atom stereocenters. The lowest BCUT2D eigenvalue weighted by molar-refractivity contribution is -0.137. The predicted molar refractivity (Wildman–Crippen MR) is 103 cm³/mol. The lowest BCUT2D eigenvalue weighted by Crippen LogP contribution is -2.62. The van der Waals surface area contributed by atoms with Gasteiger partial charge in [0.2, 0.25) is 0 Å². The third-order valence-electron chi connectivity index (χ3n) is 5.00. The fourth-order valence-corrected chi connectivity index (χ4v) is 3.39. The first-order valence-corrected chi connectivity index (χ1v) is 9.47. The Morgan fingerprint density at radius 2 is 1.90 bits per heavy atom. The van der Waals surface area contributed by atoms with E-state index in [0.717, 1.165) is 4.90 Å². The van der Waals surface area contributed by atoms with Crippen molar-refractivity contribution in [3.63, 3.8) is 0 Å². The molecule has 11 heteroatoms. The summed E-state index contributed by atoms with van der Waals surface area (Å²) in [5, 5.41) is 2.51. The van der Waals surface area contributed by atoms with Crippen LogP contribution in [0.1, 0.15) is 31.0 Å². The maximum Gasteiger partial charge on any atom is 0.278 e. The van der Waals surface area contributed by atoms with Crippen LogP contribution < -0.4 is 10.2 Å². The molecular formula is C19H19ClF3N5O2. The van der Waals surface area contributed by atoms with E-state index < -0.39 is 47.8 Å². The molecule has 2 aromatic rings. The molecule has 0 bridgehead atoms. The number of pyridine rings is 1. The summed E-state index contributed by atoms with van der Waals surface area (Å²) >= 11 is 5.44. The fraction of sp³-hybridized carbons (Fsp3) is 0.421. The molecule has 0 saturated heterocycles. The van der Waals surface area contributed by atoms with Gasteiger partial charge in [0.25, 0.3) is 23.4 Å². The quantitative estimate of drug-likeness (QED) is 0.696. The Labute approximate surface area is 175 Å². The number of halogens is 4. The van der Waals surface area contributed by atoms with E-state index in [2.05, 4.69) is 20.3 Å².